The van der Waals surface area contributed by atoms with Gasteiger partial charge in [-0.05, 0) is 42.3 Å². The smallest absolute Gasteiger partial charge is 0.123 e. The molecule has 0 aromatic heterocycles. The number of aliphatic hydroxyl groups is 1. The summed E-state index contributed by atoms with van der Waals surface area (Å²) in [5, 5.41) is 13.2. The van der Waals surface area contributed by atoms with Gasteiger partial charge in [-0.25, -0.2) is 4.39 Å². The van der Waals surface area contributed by atoms with Crippen molar-refractivity contribution >= 4 is 21.6 Å². The summed E-state index contributed by atoms with van der Waals surface area (Å²) in [7, 11) is 0. The molecular weight excluding hydrogens is 321 g/mol. The average molecular weight is 338 g/mol. The van der Waals surface area contributed by atoms with Crippen LogP contribution in [-0.2, 0) is 5.54 Å². The second-order valence-electron chi connectivity index (χ2n) is 4.74. The lowest BCUT2D eigenvalue weighted by Gasteiger charge is -2.34. The minimum atomic E-state index is -0.692. The monoisotopic (exact) mass is 337 g/mol. The maximum Gasteiger partial charge on any atom is 0.123 e. The molecule has 106 valence electrons. The molecule has 2 aromatic carbocycles. The molecule has 0 radical (unpaired) electrons. The fourth-order valence-electron chi connectivity index (χ4n) is 2.24. The Morgan fingerprint density at radius 2 is 1.95 bits per heavy atom. The van der Waals surface area contributed by atoms with E-state index in [0.29, 0.717) is 6.42 Å². The third kappa shape index (κ3) is 3.19. The van der Waals surface area contributed by atoms with E-state index in [1.54, 1.807) is 6.07 Å². The van der Waals surface area contributed by atoms with Crippen molar-refractivity contribution < 1.29 is 9.50 Å². The van der Waals surface area contributed by atoms with Crippen LogP contribution in [0.5, 0.6) is 0 Å². The Kier molecular flexibility index (Phi) is 4.78. The highest BCUT2D eigenvalue weighted by molar-refractivity contribution is 9.10. The molecule has 2 aromatic rings. The number of anilines is 1. The van der Waals surface area contributed by atoms with Crippen molar-refractivity contribution in [2.45, 2.75) is 18.9 Å². The van der Waals surface area contributed by atoms with E-state index in [4.69, 9.17) is 0 Å². The van der Waals surface area contributed by atoms with E-state index in [0.717, 1.165) is 15.7 Å². The highest BCUT2D eigenvalue weighted by Gasteiger charge is 2.29. The predicted molar refractivity (Wildman–Crippen MR) is 83.2 cm³/mol. The molecule has 1 atom stereocenters. The van der Waals surface area contributed by atoms with Crippen LogP contribution in [0.25, 0.3) is 0 Å². The molecule has 1 unspecified atom stereocenters. The first-order valence-corrected chi connectivity index (χ1v) is 7.29. The van der Waals surface area contributed by atoms with Crippen molar-refractivity contribution in [3.8, 4) is 0 Å². The predicted octanol–water partition coefficient (Wildman–Crippen LogP) is 4.30. The van der Waals surface area contributed by atoms with Gasteiger partial charge in [0.25, 0.3) is 0 Å². The van der Waals surface area contributed by atoms with Crippen LogP contribution in [0, 0.1) is 5.82 Å². The standard InChI is InChI=1S/C16H17BrFNO/c1-2-16(11-20,12-5-3-7-14(18)9-12)19-15-8-4-6-13(17)10-15/h3-10,19-20H,2,11H2,1H3. The number of benzene rings is 2. The highest BCUT2D eigenvalue weighted by Crippen LogP contribution is 2.30. The molecule has 2 rings (SSSR count). The van der Waals surface area contributed by atoms with Gasteiger partial charge in [-0.3, -0.25) is 0 Å². The van der Waals surface area contributed by atoms with Crippen LogP contribution in [0.3, 0.4) is 0 Å². The van der Waals surface area contributed by atoms with Gasteiger partial charge in [0.1, 0.15) is 5.82 Å². The lowest BCUT2D eigenvalue weighted by atomic mass is 9.87. The van der Waals surface area contributed by atoms with E-state index in [1.807, 2.05) is 37.3 Å². The van der Waals surface area contributed by atoms with E-state index in [2.05, 4.69) is 21.2 Å². The van der Waals surface area contributed by atoms with Crippen molar-refractivity contribution in [2.24, 2.45) is 0 Å². The van der Waals surface area contributed by atoms with Gasteiger partial charge in [0.05, 0.1) is 12.1 Å². The van der Waals surface area contributed by atoms with Gasteiger partial charge in [-0.2, -0.15) is 0 Å². The third-order valence-corrected chi connectivity index (χ3v) is 3.95. The van der Waals surface area contributed by atoms with Crippen LogP contribution in [0.15, 0.2) is 53.0 Å². The van der Waals surface area contributed by atoms with Crippen LogP contribution >= 0.6 is 15.9 Å². The van der Waals surface area contributed by atoms with Crippen molar-refractivity contribution in [1.82, 2.24) is 0 Å². The molecule has 0 spiro atoms. The van der Waals surface area contributed by atoms with E-state index in [-0.39, 0.29) is 12.4 Å². The zero-order valence-corrected chi connectivity index (χ0v) is 12.8. The second kappa shape index (κ2) is 6.37. The summed E-state index contributed by atoms with van der Waals surface area (Å²) >= 11 is 3.42. The fraction of sp³-hybridized carbons (Fsp3) is 0.250. The zero-order chi connectivity index (χ0) is 14.6. The van der Waals surface area contributed by atoms with Gasteiger partial charge >= 0.3 is 0 Å². The van der Waals surface area contributed by atoms with E-state index >= 15 is 0 Å². The lowest BCUT2D eigenvalue weighted by molar-refractivity contribution is 0.207. The molecule has 0 aliphatic carbocycles. The van der Waals surface area contributed by atoms with Crippen LogP contribution in [0.1, 0.15) is 18.9 Å². The molecule has 0 heterocycles. The van der Waals surface area contributed by atoms with E-state index in [1.165, 1.54) is 12.1 Å². The molecule has 0 aliphatic rings. The Labute approximate surface area is 126 Å². The second-order valence-corrected chi connectivity index (χ2v) is 5.66. The van der Waals surface area contributed by atoms with E-state index < -0.39 is 5.54 Å². The number of aliphatic hydroxyl groups excluding tert-OH is 1. The lowest BCUT2D eigenvalue weighted by Crippen LogP contribution is -2.38. The molecule has 20 heavy (non-hydrogen) atoms. The quantitative estimate of drug-likeness (QED) is 0.852. The Morgan fingerprint density at radius 1 is 1.20 bits per heavy atom. The molecule has 0 bridgehead atoms. The maximum atomic E-state index is 13.5. The number of halogens is 2. The van der Waals surface area contributed by atoms with Gasteiger partial charge in [0.2, 0.25) is 0 Å². The topological polar surface area (TPSA) is 32.3 Å². The normalized spacial score (nSPS) is 13.8. The number of hydrogen-bond donors (Lipinski definition) is 2. The third-order valence-electron chi connectivity index (χ3n) is 3.46. The molecule has 4 heteroatoms. The van der Waals surface area contributed by atoms with Crippen molar-refractivity contribution in [2.75, 3.05) is 11.9 Å². The highest BCUT2D eigenvalue weighted by atomic mass is 79.9. The van der Waals surface area contributed by atoms with Crippen LogP contribution in [-0.4, -0.2) is 11.7 Å². The molecule has 0 amide bonds. The number of rotatable bonds is 5. The summed E-state index contributed by atoms with van der Waals surface area (Å²) in [4.78, 5) is 0. The van der Waals surface area contributed by atoms with Crippen LogP contribution in [0.2, 0.25) is 0 Å². The summed E-state index contributed by atoms with van der Waals surface area (Å²) in [5.74, 6) is -0.301. The molecule has 0 saturated carbocycles. The van der Waals surface area contributed by atoms with Gasteiger partial charge in [0.15, 0.2) is 0 Å². The summed E-state index contributed by atoms with van der Waals surface area (Å²) < 4.78 is 14.4. The van der Waals surface area contributed by atoms with Crippen LogP contribution in [0.4, 0.5) is 10.1 Å². The first-order chi connectivity index (χ1) is 9.59. The van der Waals surface area contributed by atoms with Gasteiger partial charge in [-0.15, -0.1) is 0 Å². The number of hydrogen-bond acceptors (Lipinski definition) is 2. The average Bonchev–Trinajstić information content (AvgIpc) is 2.45. The molecular formula is C16H17BrFNO. The molecule has 0 aliphatic heterocycles. The van der Waals surface area contributed by atoms with Gasteiger partial charge < -0.3 is 10.4 Å². The van der Waals surface area contributed by atoms with Crippen LogP contribution < -0.4 is 5.32 Å². The largest absolute Gasteiger partial charge is 0.394 e. The Morgan fingerprint density at radius 3 is 2.55 bits per heavy atom. The molecule has 2 nitrogen and oxygen atoms in total. The minimum Gasteiger partial charge on any atom is -0.394 e. The first-order valence-electron chi connectivity index (χ1n) is 6.50. The summed E-state index contributed by atoms with van der Waals surface area (Å²) in [6.07, 6.45) is 0.638. The SMILES string of the molecule is CCC(CO)(Nc1cccc(Br)c1)c1cccc(F)c1. The van der Waals surface area contributed by atoms with Crippen molar-refractivity contribution in [3.05, 3.63) is 64.4 Å². The van der Waals surface area contributed by atoms with E-state index in [9.17, 15) is 9.50 Å². The van der Waals surface area contributed by atoms with Crippen molar-refractivity contribution in [3.63, 3.8) is 0 Å². The first kappa shape index (κ1) is 15.0. The summed E-state index contributed by atoms with van der Waals surface area (Å²) in [6.45, 7) is 1.85. The van der Waals surface area contributed by atoms with Gasteiger partial charge in [0, 0.05) is 10.2 Å². The molecule has 0 saturated heterocycles. The molecule has 2 N–H and O–H groups in total. The Bertz CT molecular complexity index is 584. The summed E-state index contributed by atoms with van der Waals surface area (Å²) in [5.41, 5.74) is 0.921. The Balaban J connectivity index is 2.39. The number of nitrogens with one attached hydrogen (secondary N) is 1. The molecule has 0 fully saturated rings. The van der Waals surface area contributed by atoms with Gasteiger partial charge in [-0.1, -0.05) is 41.1 Å². The Hall–Kier alpha value is -1.39. The maximum absolute atomic E-state index is 13.5. The zero-order valence-electron chi connectivity index (χ0n) is 11.2. The minimum absolute atomic E-state index is 0.112. The fourth-order valence-corrected chi connectivity index (χ4v) is 2.64. The summed E-state index contributed by atoms with van der Waals surface area (Å²) in [6, 6.07) is 14.0. The van der Waals surface area contributed by atoms with Crippen molar-refractivity contribution in [1.29, 1.82) is 0 Å².